The second-order valence-corrected chi connectivity index (χ2v) is 5.80. The Labute approximate surface area is 122 Å². The zero-order valence-corrected chi connectivity index (χ0v) is 12.5. The fourth-order valence-corrected chi connectivity index (χ4v) is 3.20. The van der Waals surface area contributed by atoms with Crippen molar-refractivity contribution in [3.63, 3.8) is 0 Å². The van der Waals surface area contributed by atoms with Gasteiger partial charge in [-0.3, -0.25) is 4.79 Å². The summed E-state index contributed by atoms with van der Waals surface area (Å²) in [6, 6.07) is 2.61. The monoisotopic (exact) mass is 275 g/mol. The molecule has 0 aliphatic carbocycles. The lowest BCUT2D eigenvalue weighted by Gasteiger charge is -2.35. The number of piperidine rings is 2. The number of carbonyl (C=O) groups excluding carboxylic acids is 1. The molecule has 2 saturated heterocycles. The van der Waals surface area contributed by atoms with Crippen molar-refractivity contribution in [3.8, 4) is 6.07 Å². The molecule has 4 nitrogen and oxygen atoms in total. The number of likely N-dealkylation sites (tertiary alicyclic amines) is 2. The van der Waals surface area contributed by atoms with Gasteiger partial charge in [0.05, 0.1) is 0 Å². The van der Waals surface area contributed by atoms with Gasteiger partial charge in [0.25, 0.3) is 5.91 Å². The lowest BCUT2D eigenvalue weighted by Crippen LogP contribution is -2.39. The zero-order valence-electron chi connectivity index (χ0n) is 12.5. The topological polar surface area (TPSA) is 47.3 Å². The van der Waals surface area contributed by atoms with Crippen LogP contribution in [0.3, 0.4) is 0 Å². The molecule has 2 heterocycles. The normalized spacial score (nSPS) is 24.4. The van der Waals surface area contributed by atoms with Gasteiger partial charge in [-0.15, -0.1) is 0 Å². The molecule has 0 spiro atoms. The third-order valence-electron chi connectivity index (χ3n) is 4.43. The van der Waals surface area contributed by atoms with Crippen LogP contribution in [-0.4, -0.2) is 41.4 Å². The van der Waals surface area contributed by atoms with Crippen molar-refractivity contribution in [2.75, 3.05) is 19.6 Å². The number of hydrogen-bond acceptors (Lipinski definition) is 3. The maximum Gasteiger partial charge on any atom is 0.266 e. The number of nitrogens with zero attached hydrogens (tertiary/aromatic N) is 3. The number of amides is 1. The molecule has 0 bridgehead atoms. The molecule has 20 heavy (non-hydrogen) atoms. The van der Waals surface area contributed by atoms with E-state index in [9.17, 15) is 10.1 Å². The first-order valence-electron chi connectivity index (χ1n) is 7.93. The van der Waals surface area contributed by atoms with Crippen molar-refractivity contribution in [1.82, 2.24) is 9.80 Å². The first kappa shape index (κ1) is 14.9. The van der Waals surface area contributed by atoms with Crippen LogP contribution in [0.5, 0.6) is 0 Å². The first-order chi connectivity index (χ1) is 9.76. The summed E-state index contributed by atoms with van der Waals surface area (Å²) in [7, 11) is 0. The van der Waals surface area contributed by atoms with E-state index in [4.69, 9.17) is 0 Å². The molecule has 0 aromatic carbocycles. The molecule has 0 N–H and O–H groups in total. The van der Waals surface area contributed by atoms with Gasteiger partial charge in [-0.05, 0) is 44.9 Å². The van der Waals surface area contributed by atoms with Crippen LogP contribution in [-0.2, 0) is 4.79 Å². The summed E-state index contributed by atoms with van der Waals surface area (Å²) in [4.78, 5) is 16.5. The lowest BCUT2D eigenvalue weighted by molar-refractivity contribution is -0.127. The van der Waals surface area contributed by atoms with Gasteiger partial charge in [-0.1, -0.05) is 6.92 Å². The predicted octanol–water partition coefficient (Wildman–Crippen LogP) is 2.67. The highest BCUT2D eigenvalue weighted by Gasteiger charge is 2.23. The molecule has 2 aliphatic rings. The molecule has 0 aromatic heterocycles. The number of hydrogen-bond donors (Lipinski definition) is 0. The van der Waals surface area contributed by atoms with Crippen molar-refractivity contribution < 1.29 is 4.79 Å². The SMILES string of the molecule is CCC1CCCCN1/C=C(/C#N)C(=O)N1CCCCC1. The summed E-state index contributed by atoms with van der Waals surface area (Å²) in [5, 5.41) is 9.32. The highest BCUT2D eigenvalue weighted by molar-refractivity contribution is 5.97. The smallest absolute Gasteiger partial charge is 0.266 e. The van der Waals surface area contributed by atoms with E-state index in [0.717, 1.165) is 45.3 Å². The van der Waals surface area contributed by atoms with Crippen LogP contribution in [0.2, 0.25) is 0 Å². The van der Waals surface area contributed by atoms with E-state index in [-0.39, 0.29) is 5.91 Å². The maximum atomic E-state index is 12.4. The quantitative estimate of drug-likeness (QED) is 0.587. The Morgan fingerprint density at radius 1 is 1.20 bits per heavy atom. The Kier molecular flexibility index (Phi) is 5.46. The third kappa shape index (κ3) is 3.53. The van der Waals surface area contributed by atoms with Crippen LogP contribution in [0.4, 0.5) is 0 Å². The van der Waals surface area contributed by atoms with E-state index in [1.165, 1.54) is 19.3 Å². The zero-order chi connectivity index (χ0) is 14.4. The Bertz CT molecular complexity index is 404. The van der Waals surface area contributed by atoms with E-state index in [1.807, 2.05) is 11.1 Å². The van der Waals surface area contributed by atoms with Gasteiger partial charge in [0.1, 0.15) is 11.6 Å². The van der Waals surface area contributed by atoms with E-state index < -0.39 is 0 Å². The van der Waals surface area contributed by atoms with Crippen LogP contribution in [0.1, 0.15) is 51.9 Å². The van der Waals surface area contributed by atoms with Crippen molar-refractivity contribution in [1.29, 1.82) is 5.26 Å². The van der Waals surface area contributed by atoms with Gasteiger partial charge in [0.2, 0.25) is 0 Å². The minimum absolute atomic E-state index is 0.0763. The number of carbonyl (C=O) groups is 1. The lowest BCUT2D eigenvalue weighted by atomic mass is 10.00. The second-order valence-electron chi connectivity index (χ2n) is 5.80. The standard InChI is InChI=1S/C16H25N3O/c1-2-15-8-4-7-11-19(15)13-14(12-17)16(20)18-9-5-3-6-10-18/h13,15H,2-11H2,1H3/b14-13-. The van der Waals surface area contributed by atoms with Gasteiger partial charge in [-0.2, -0.15) is 5.26 Å². The fraction of sp³-hybridized carbons (Fsp3) is 0.750. The van der Waals surface area contributed by atoms with Crippen LogP contribution in [0, 0.1) is 11.3 Å². The van der Waals surface area contributed by atoms with Crippen molar-refractivity contribution in [2.24, 2.45) is 0 Å². The Hall–Kier alpha value is -1.50. The maximum absolute atomic E-state index is 12.4. The minimum atomic E-state index is -0.0763. The average molecular weight is 275 g/mol. The molecule has 110 valence electrons. The highest BCUT2D eigenvalue weighted by atomic mass is 16.2. The van der Waals surface area contributed by atoms with Gasteiger partial charge in [0.15, 0.2) is 0 Å². The fourth-order valence-electron chi connectivity index (χ4n) is 3.20. The number of nitriles is 1. The van der Waals surface area contributed by atoms with Crippen molar-refractivity contribution in [3.05, 3.63) is 11.8 Å². The van der Waals surface area contributed by atoms with E-state index >= 15 is 0 Å². The molecule has 4 heteroatoms. The Morgan fingerprint density at radius 3 is 2.55 bits per heavy atom. The minimum Gasteiger partial charge on any atom is -0.373 e. The van der Waals surface area contributed by atoms with Crippen LogP contribution >= 0.6 is 0 Å². The Balaban J connectivity index is 2.07. The summed E-state index contributed by atoms with van der Waals surface area (Å²) in [5.74, 6) is -0.0763. The molecular formula is C16H25N3O. The van der Waals surface area contributed by atoms with Crippen molar-refractivity contribution >= 4 is 5.91 Å². The number of rotatable bonds is 3. The largest absolute Gasteiger partial charge is 0.373 e. The van der Waals surface area contributed by atoms with Crippen LogP contribution < -0.4 is 0 Å². The summed E-state index contributed by atoms with van der Waals surface area (Å²) in [6.45, 7) is 4.75. The molecule has 2 fully saturated rings. The summed E-state index contributed by atoms with van der Waals surface area (Å²) in [5.41, 5.74) is 0.312. The molecule has 1 atom stereocenters. The predicted molar refractivity (Wildman–Crippen MR) is 78.8 cm³/mol. The van der Waals surface area contributed by atoms with Gasteiger partial charge >= 0.3 is 0 Å². The summed E-state index contributed by atoms with van der Waals surface area (Å²) >= 11 is 0. The Morgan fingerprint density at radius 2 is 1.90 bits per heavy atom. The summed E-state index contributed by atoms with van der Waals surface area (Å²) in [6.07, 6.45) is 9.80. The molecular weight excluding hydrogens is 250 g/mol. The van der Waals surface area contributed by atoms with Crippen LogP contribution in [0.15, 0.2) is 11.8 Å². The second kappa shape index (κ2) is 7.33. The van der Waals surface area contributed by atoms with Gasteiger partial charge < -0.3 is 9.80 Å². The summed E-state index contributed by atoms with van der Waals surface area (Å²) < 4.78 is 0. The molecule has 1 unspecified atom stereocenters. The molecule has 0 radical (unpaired) electrons. The first-order valence-corrected chi connectivity index (χ1v) is 7.93. The highest BCUT2D eigenvalue weighted by Crippen LogP contribution is 2.21. The third-order valence-corrected chi connectivity index (χ3v) is 4.43. The molecule has 2 aliphatic heterocycles. The van der Waals surface area contributed by atoms with Crippen LogP contribution in [0.25, 0.3) is 0 Å². The average Bonchev–Trinajstić information content (AvgIpc) is 2.53. The molecule has 0 saturated carbocycles. The van der Waals surface area contributed by atoms with Gasteiger partial charge in [0, 0.05) is 31.9 Å². The molecule has 0 aromatic rings. The molecule has 1 amide bonds. The van der Waals surface area contributed by atoms with E-state index in [2.05, 4.69) is 17.9 Å². The van der Waals surface area contributed by atoms with Crippen molar-refractivity contribution in [2.45, 2.75) is 57.9 Å². The van der Waals surface area contributed by atoms with Gasteiger partial charge in [-0.25, -0.2) is 0 Å². The van der Waals surface area contributed by atoms with E-state index in [1.54, 1.807) is 0 Å². The molecule has 2 rings (SSSR count). The van der Waals surface area contributed by atoms with E-state index in [0.29, 0.717) is 11.6 Å².